The normalized spacial score (nSPS) is 32.3. The molecule has 3 unspecified atom stereocenters. The minimum atomic E-state index is -0.758. The molecule has 1 saturated heterocycles. The predicted molar refractivity (Wildman–Crippen MR) is 57.9 cm³/mol. The van der Waals surface area contributed by atoms with Crippen LogP contribution in [-0.2, 0) is 9.53 Å². The first kappa shape index (κ1) is 12.5. The first-order chi connectivity index (χ1) is 6.90. The quantitative estimate of drug-likeness (QED) is 0.772. The Morgan fingerprint density at radius 1 is 1.47 bits per heavy atom. The predicted octanol–water partition coefficient (Wildman–Crippen LogP) is 1.35. The molecule has 4 heteroatoms. The molecule has 1 aliphatic heterocycles. The van der Waals surface area contributed by atoms with Crippen molar-refractivity contribution in [3.8, 4) is 0 Å². The fourth-order valence-corrected chi connectivity index (χ4v) is 2.09. The van der Waals surface area contributed by atoms with Crippen LogP contribution in [0.15, 0.2) is 0 Å². The highest BCUT2D eigenvalue weighted by Gasteiger charge is 2.41. The van der Waals surface area contributed by atoms with E-state index in [0.29, 0.717) is 19.5 Å². The van der Waals surface area contributed by atoms with Gasteiger partial charge in [-0.2, -0.15) is 0 Å². The monoisotopic (exact) mass is 215 g/mol. The molecular formula is C11H21NO3. The second-order valence-electron chi connectivity index (χ2n) is 4.59. The Hall–Kier alpha value is -0.610. The van der Waals surface area contributed by atoms with Crippen LogP contribution in [0.1, 0.15) is 34.1 Å². The maximum Gasteiger partial charge on any atom is 0.323 e. The van der Waals surface area contributed by atoms with Crippen LogP contribution >= 0.6 is 0 Å². The van der Waals surface area contributed by atoms with Gasteiger partial charge in [-0.3, -0.25) is 9.69 Å². The lowest BCUT2D eigenvalue weighted by molar-refractivity contribution is -0.160. The summed E-state index contributed by atoms with van der Waals surface area (Å²) in [6.07, 6.45) is 0.833. The lowest BCUT2D eigenvalue weighted by atomic mass is 9.95. The summed E-state index contributed by atoms with van der Waals surface area (Å²) in [5.74, 6) is -0.744. The third kappa shape index (κ3) is 2.49. The Bertz CT molecular complexity index is 234. The lowest BCUT2D eigenvalue weighted by Gasteiger charge is -2.44. The maximum absolute atomic E-state index is 11.3. The molecule has 0 radical (unpaired) electrons. The molecule has 1 N–H and O–H groups in total. The largest absolute Gasteiger partial charge is 0.480 e. The van der Waals surface area contributed by atoms with Gasteiger partial charge in [-0.25, -0.2) is 0 Å². The van der Waals surface area contributed by atoms with Gasteiger partial charge in [0.15, 0.2) is 0 Å². The fourth-order valence-electron chi connectivity index (χ4n) is 2.09. The van der Waals surface area contributed by atoms with Gasteiger partial charge in [-0.05, 0) is 27.2 Å². The number of aliphatic carboxylic acids is 1. The standard InChI is InChI=1S/C11H21NO3/c1-5-11(4,10(13)14)12-6-8(2)15-9(3)7-12/h8-9H,5-7H2,1-4H3,(H,13,14). The van der Waals surface area contributed by atoms with E-state index in [1.54, 1.807) is 6.92 Å². The Morgan fingerprint density at radius 2 is 1.93 bits per heavy atom. The van der Waals surface area contributed by atoms with Gasteiger partial charge in [0.2, 0.25) is 0 Å². The molecule has 0 spiro atoms. The molecule has 3 atom stereocenters. The average Bonchev–Trinajstić information content (AvgIpc) is 2.14. The van der Waals surface area contributed by atoms with Crippen LogP contribution in [0.5, 0.6) is 0 Å². The van der Waals surface area contributed by atoms with Crippen molar-refractivity contribution in [2.75, 3.05) is 13.1 Å². The van der Waals surface area contributed by atoms with Crippen LogP contribution in [0.2, 0.25) is 0 Å². The number of carbonyl (C=O) groups is 1. The van der Waals surface area contributed by atoms with E-state index in [9.17, 15) is 9.90 Å². The van der Waals surface area contributed by atoms with Gasteiger partial charge >= 0.3 is 5.97 Å². The minimum Gasteiger partial charge on any atom is -0.480 e. The molecule has 1 fully saturated rings. The molecule has 0 aromatic heterocycles. The lowest BCUT2D eigenvalue weighted by Crippen LogP contribution is -2.59. The molecule has 0 aliphatic carbocycles. The van der Waals surface area contributed by atoms with Crippen molar-refractivity contribution in [1.82, 2.24) is 4.90 Å². The zero-order chi connectivity index (χ0) is 11.6. The second-order valence-corrected chi connectivity index (χ2v) is 4.59. The van der Waals surface area contributed by atoms with E-state index in [-0.39, 0.29) is 12.2 Å². The first-order valence-corrected chi connectivity index (χ1v) is 5.54. The molecule has 88 valence electrons. The molecule has 1 rings (SSSR count). The number of nitrogens with zero attached hydrogens (tertiary/aromatic N) is 1. The number of carboxylic acids is 1. The molecule has 0 bridgehead atoms. The van der Waals surface area contributed by atoms with E-state index in [2.05, 4.69) is 0 Å². The van der Waals surface area contributed by atoms with Crippen LogP contribution in [0.3, 0.4) is 0 Å². The van der Waals surface area contributed by atoms with E-state index in [1.165, 1.54) is 0 Å². The Labute approximate surface area is 91.2 Å². The fraction of sp³-hybridized carbons (Fsp3) is 0.909. The summed E-state index contributed by atoms with van der Waals surface area (Å²) < 4.78 is 5.60. The average molecular weight is 215 g/mol. The van der Waals surface area contributed by atoms with Crippen molar-refractivity contribution in [2.45, 2.75) is 51.9 Å². The number of ether oxygens (including phenoxy) is 1. The second kappa shape index (κ2) is 4.49. The van der Waals surface area contributed by atoms with Gasteiger partial charge in [-0.15, -0.1) is 0 Å². The van der Waals surface area contributed by atoms with Crippen molar-refractivity contribution in [1.29, 1.82) is 0 Å². The minimum absolute atomic E-state index is 0.110. The van der Waals surface area contributed by atoms with Gasteiger partial charge in [0.05, 0.1) is 12.2 Å². The van der Waals surface area contributed by atoms with Crippen molar-refractivity contribution >= 4 is 5.97 Å². The smallest absolute Gasteiger partial charge is 0.323 e. The van der Waals surface area contributed by atoms with Crippen LogP contribution < -0.4 is 0 Å². The van der Waals surface area contributed by atoms with E-state index in [4.69, 9.17) is 4.74 Å². The van der Waals surface area contributed by atoms with E-state index >= 15 is 0 Å². The summed E-state index contributed by atoms with van der Waals surface area (Å²) in [5.41, 5.74) is -0.758. The van der Waals surface area contributed by atoms with Crippen LogP contribution in [0.25, 0.3) is 0 Å². The highest BCUT2D eigenvalue weighted by Crippen LogP contribution is 2.24. The SMILES string of the molecule is CCC(C)(C(=O)O)N1CC(C)OC(C)C1. The summed E-state index contributed by atoms with van der Waals surface area (Å²) in [7, 11) is 0. The number of carboxylic acid groups (broad SMARTS) is 1. The van der Waals surface area contributed by atoms with Crippen molar-refractivity contribution in [3.63, 3.8) is 0 Å². The van der Waals surface area contributed by atoms with Gasteiger partial charge < -0.3 is 9.84 Å². The van der Waals surface area contributed by atoms with Gasteiger partial charge in [-0.1, -0.05) is 6.92 Å². The summed E-state index contributed by atoms with van der Waals surface area (Å²) in [5, 5.41) is 9.27. The zero-order valence-electron chi connectivity index (χ0n) is 9.99. The number of rotatable bonds is 3. The van der Waals surface area contributed by atoms with Crippen molar-refractivity contribution in [3.05, 3.63) is 0 Å². The van der Waals surface area contributed by atoms with Crippen LogP contribution in [0, 0.1) is 0 Å². The number of hydrogen-bond acceptors (Lipinski definition) is 3. The molecule has 0 aromatic carbocycles. The third-order valence-corrected chi connectivity index (χ3v) is 3.27. The number of hydrogen-bond donors (Lipinski definition) is 1. The van der Waals surface area contributed by atoms with Gasteiger partial charge in [0, 0.05) is 13.1 Å². The van der Waals surface area contributed by atoms with Crippen LogP contribution in [-0.4, -0.2) is 46.8 Å². The molecule has 0 aromatic rings. The van der Waals surface area contributed by atoms with E-state index in [0.717, 1.165) is 0 Å². The summed E-state index contributed by atoms with van der Waals surface area (Å²) in [6, 6.07) is 0. The Balaban J connectivity index is 2.80. The van der Waals surface area contributed by atoms with Crippen molar-refractivity contribution < 1.29 is 14.6 Å². The van der Waals surface area contributed by atoms with Crippen LogP contribution in [0.4, 0.5) is 0 Å². The van der Waals surface area contributed by atoms with E-state index in [1.807, 2.05) is 25.7 Å². The molecule has 0 saturated carbocycles. The third-order valence-electron chi connectivity index (χ3n) is 3.27. The van der Waals surface area contributed by atoms with E-state index < -0.39 is 11.5 Å². The van der Waals surface area contributed by atoms with Crippen molar-refractivity contribution in [2.24, 2.45) is 0 Å². The molecule has 0 amide bonds. The molecule has 4 nitrogen and oxygen atoms in total. The summed E-state index contributed by atoms with van der Waals surface area (Å²) >= 11 is 0. The van der Waals surface area contributed by atoms with Gasteiger partial charge in [0.1, 0.15) is 5.54 Å². The zero-order valence-corrected chi connectivity index (χ0v) is 9.99. The number of morpholine rings is 1. The Morgan fingerprint density at radius 3 is 2.27 bits per heavy atom. The molecule has 15 heavy (non-hydrogen) atoms. The first-order valence-electron chi connectivity index (χ1n) is 5.54. The Kier molecular flexibility index (Phi) is 3.73. The molecule has 1 heterocycles. The topological polar surface area (TPSA) is 49.8 Å². The van der Waals surface area contributed by atoms with Gasteiger partial charge in [0.25, 0.3) is 0 Å². The summed E-state index contributed by atoms with van der Waals surface area (Å²) in [6.45, 7) is 9.07. The highest BCUT2D eigenvalue weighted by molar-refractivity contribution is 5.78. The maximum atomic E-state index is 11.3. The summed E-state index contributed by atoms with van der Waals surface area (Å²) in [4.78, 5) is 13.3. The molecule has 1 aliphatic rings. The highest BCUT2D eigenvalue weighted by atomic mass is 16.5. The molecular weight excluding hydrogens is 194 g/mol.